The van der Waals surface area contributed by atoms with Crippen molar-refractivity contribution in [3.05, 3.63) is 38.0 Å². The lowest BCUT2D eigenvalue weighted by atomic mass is 10.3. The van der Waals surface area contributed by atoms with E-state index in [2.05, 4.69) is 43.2 Å². The predicted molar refractivity (Wildman–Crippen MR) is 75.8 cm³/mol. The predicted octanol–water partition coefficient (Wildman–Crippen LogP) is 3.93. The molecule has 0 radical (unpaired) electrons. The maximum absolute atomic E-state index is 4.42. The molecule has 0 fully saturated rings. The smallest absolute Gasteiger partial charge is 0.107 e. The van der Waals surface area contributed by atoms with E-state index < -0.39 is 0 Å². The van der Waals surface area contributed by atoms with Crippen LogP contribution in [0.3, 0.4) is 0 Å². The summed E-state index contributed by atoms with van der Waals surface area (Å²) in [5.74, 6) is 0. The second kappa shape index (κ2) is 5.76. The number of aromatic nitrogens is 1. The molecule has 1 unspecified atom stereocenters. The Labute approximate surface area is 111 Å². The highest BCUT2D eigenvalue weighted by atomic mass is 32.1. The zero-order valence-electron chi connectivity index (χ0n) is 10.5. The molecule has 17 heavy (non-hydrogen) atoms. The molecule has 2 rings (SSSR count). The number of thiazole rings is 1. The number of nitrogens with one attached hydrogen (secondary N) is 1. The first-order chi connectivity index (χ1) is 8.19. The van der Waals surface area contributed by atoms with E-state index in [0.29, 0.717) is 6.04 Å². The number of thiophene rings is 1. The van der Waals surface area contributed by atoms with Gasteiger partial charge in [-0.15, -0.1) is 22.7 Å². The van der Waals surface area contributed by atoms with Gasteiger partial charge in [0.05, 0.1) is 0 Å². The Kier molecular flexibility index (Phi) is 4.31. The van der Waals surface area contributed by atoms with Gasteiger partial charge in [0.1, 0.15) is 5.01 Å². The molecule has 0 aliphatic carbocycles. The Bertz CT molecular complexity index is 473. The molecule has 0 saturated carbocycles. The summed E-state index contributed by atoms with van der Waals surface area (Å²) in [6.07, 6.45) is 3.07. The highest BCUT2D eigenvalue weighted by molar-refractivity contribution is 7.12. The van der Waals surface area contributed by atoms with E-state index in [0.717, 1.165) is 13.0 Å². The third kappa shape index (κ3) is 3.37. The molecule has 0 aromatic carbocycles. The zero-order chi connectivity index (χ0) is 12.3. The lowest BCUT2D eigenvalue weighted by Gasteiger charge is -2.10. The maximum atomic E-state index is 4.42. The summed E-state index contributed by atoms with van der Waals surface area (Å²) in [5, 5.41) is 4.71. The fraction of sp³-hybridized carbons (Fsp3) is 0.462. The van der Waals surface area contributed by atoms with Gasteiger partial charge < -0.3 is 5.32 Å². The summed E-state index contributed by atoms with van der Waals surface area (Å²) in [6.45, 7) is 7.39. The van der Waals surface area contributed by atoms with E-state index in [9.17, 15) is 0 Å². The molecule has 1 atom stereocenters. The summed E-state index contributed by atoms with van der Waals surface area (Å²) in [4.78, 5) is 8.55. The molecule has 2 nitrogen and oxygen atoms in total. The van der Waals surface area contributed by atoms with Gasteiger partial charge in [0.2, 0.25) is 0 Å². The van der Waals surface area contributed by atoms with Gasteiger partial charge in [0, 0.05) is 33.4 Å². The van der Waals surface area contributed by atoms with Crippen molar-refractivity contribution in [2.45, 2.75) is 39.8 Å². The molecule has 0 bridgehead atoms. The lowest BCUT2D eigenvalue weighted by molar-refractivity contribution is 0.581. The summed E-state index contributed by atoms with van der Waals surface area (Å²) in [6, 6.07) is 4.79. The molecule has 2 aromatic rings. The molecule has 1 N–H and O–H groups in total. The Morgan fingerprint density at radius 2 is 2.18 bits per heavy atom. The van der Waals surface area contributed by atoms with E-state index in [-0.39, 0.29) is 0 Å². The van der Waals surface area contributed by atoms with Crippen LogP contribution in [0.15, 0.2) is 18.3 Å². The van der Waals surface area contributed by atoms with Gasteiger partial charge in [0.25, 0.3) is 0 Å². The van der Waals surface area contributed by atoms with Crippen LogP contribution in [-0.4, -0.2) is 4.98 Å². The normalized spacial score (nSPS) is 12.9. The quantitative estimate of drug-likeness (QED) is 0.887. The maximum Gasteiger partial charge on any atom is 0.107 e. The van der Waals surface area contributed by atoms with Crippen molar-refractivity contribution in [1.29, 1.82) is 0 Å². The van der Waals surface area contributed by atoms with Crippen LogP contribution >= 0.6 is 22.7 Å². The van der Waals surface area contributed by atoms with Crippen molar-refractivity contribution in [3.8, 4) is 0 Å². The minimum absolute atomic E-state index is 0.405. The number of aryl methyl sites for hydroxylation is 2. The summed E-state index contributed by atoms with van der Waals surface area (Å²) >= 11 is 3.67. The van der Waals surface area contributed by atoms with E-state index in [1.807, 2.05) is 17.5 Å². The van der Waals surface area contributed by atoms with Crippen molar-refractivity contribution >= 4 is 22.7 Å². The van der Waals surface area contributed by atoms with Crippen LogP contribution in [0.4, 0.5) is 0 Å². The molecule has 2 aromatic heterocycles. The average molecular weight is 266 g/mol. The standard InChI is InChI=1S/C13H18N2S2/c1-4-11-7-15-13(17-11)8-14-10(3)12-6-5-9(2)16-12/h5-7,10,14H,4,8H2,1-3H3. The summed E-state index contributed by atoms with van der Waals surface area (Å²) in [5.41, 5.74) is 0. The van der Waals surface area contributed by atoms with E-state index in [1.54, 1.807) is 11.3 Å². The van der Waals surface area contributed by atoms with Crippen molar-refractivity contribution < 1.29 is 0 Å². The second-order valence-electron chi connectivity index (χ2n) is 4.12. The minimum Gasteiger partial charge on any atom is -0.303 e. The lowest BCUT2D eigenvalue weighted by Crippen LogP contribution is -2.16. The first kappa shape index (κ1) is 12.7. The summed E-state index contributed by atoms with van der Waals surface area (Å²) in [7, 11) is 0. The van der Waals surface area contributed by atoms with Crippen molar-refractivity contribution in [1.82, 2.24) is 10.3 Å². The Morgan fingerprint density at radius 3 is 2.76 bits per heavy atom. The molecular weight excluding hydrogens is 248 g/mol. The number of rotatable bonds is 5. The van der Waals surface area contributed by atoms with Crippen LogP contribution in [0.2, 0.25) is 0 Å². The van der Waals surface area contributed by atoms with E-state index in [1.165, 1.54) is 19.6 Å². The molecule has 0 amide bonds. The molecule has 0 spiro atoms. The van der Waals surface area contributed by atoms with Crippen LogP contribution in [0.5, 0.6) is 0 Å². The average Bonchev–Trinajstić information content (AvgIpc) is 2.94. The van der Waals surface area contributed by atoms with E-state index >= 15 is 0 Å². The fourth-order valence-corrected chi connectivity index (χ4v) is 3.34. The molecule has 92 valence electrons. The molecule has 4 heteroatoms. The van der Waals surface area contributed by atoms with Crippen molar-refractivity contribution in [2.75, 3.05) is 0 Å². The van der Waals surface area contributed by atoms with Gasteiger partial charge in [-0.25, -0.2) is 4.98 Å². The number of hydrogen-bond acceptors (Lipinski definition) is 4. The van der Waals surface area contributed by atoms with Gasteiger partial charge in [0.15, 0.2) is 0 Å². The highest BCUT2D eigenvalue weighted by Crippen LogP contribution is 2.23. The third-order valence-corrected chi connectivity index (χ3v) is 5.02. The molecule has 2 heterocycles. The van der Waals surface area contributed by atoms with E-state index in [4.69, 9.17) is 0 Å². The summed E-state index contributed by atoms with van der Waals surface area (Å²) < 4.78 is 0. The molecule has 0 aliphatic rings. The Balaban J connectivity index is 1.89. The van der Waals surface area contributed by atoms with Crippen LogP contribution in [0.1, 0.15) is 39.5 Å². The number of nitrogens with zero attached hydrogens (tertiary/aromatic N) is 1. The third-order valence-electron chi connectivity index (χ3n) is 2.70. The highest BCUT2D eigenvalue weighted by Gasteiger charge is 2.08. The van der Waals surface area contributed by atoms with Crippen LogP contribution < -0.4 is 5.32 Å². The number of hydrogen-bond donors (Lipinski definition) is 1. The van der Waals surface area contributed by atoms with Gasteiger partial charge in [-0.05, 0) is 32.4 Å². The van der Waals surface area contributed by atoms with Crippen LogP contribution in [0.25, 0.3) is 0 Å². The largest absolute Gasteiger partial charge is 0.303 e. The molecule has 0 saturated heterocycles. The van der Waals surface area contributed by atoms with Crippen molar-refractivity contribution in [2.24, 2.45) is 0 Å². The SMILES string of the molecule is CCc1cnc(CNC(C)c2ccc(C)s2)s1. The monoisotopic (exact) mass is 266 g/mol. The first-order valence-electron chi connectivity index (χ1n) is 5.92. The van der Waals surface area contributed by atoms with Crippen LogP contribution in [-0.2, 0) is 13.0 Å². The first-order valence-corrected chi connectivity index (χ1v) is 7.55. The van der Waals surface area contributed by atoms with Gasteiger partial charge in [-0.3, -0.25) is 0 Å². The topological polar surface area (TPSA) is 24.9 Å². The Hall–Kier alpha value is -0.710. The Morgan fingerprint density at radius 1 is 1.35 bits per heavy atom. The molecular formula is C13H18N2S2. The van der Waals surface area contributed by atoms with Crippen molar-refractivity contribution in [3.63, 3.8) is 0 Å². The fourth-order valence-electron chi connectivity index (χ4n) is 1.62. The zero-order valence-corrected chi connectivity index (χ0v) is 12.1. The van der Waals surface area contributed by atoms with Crippen LogP contribution in [0, 0.1) is 6.92 Å². The second-order valence-corrected chi connectivity index (χ2v) is 6.64. The molecule has 0 aliphatic heterocycles. The minimum atomic E-state index is 0.405. The van der Waals surface area contributed by atoms with Gasteiger partial charge in [-0.2, -0.15) is 0 Å². The van der Waals surface area contributed by atoms with Gasteiger partial charge in [-0.1, -0.05) is 6.92 Å². The van der Waals surface area contributed by atoms with Gasteiger partial charge >= 0.3 is 0 Å².